The van der Waals surface area contributed by atoms with Crippen LogP contribution in [-0.4, -0.2) is 25.5 Å². The first-order chi connectivity index (χ1) is 12.5. The molecule has 138 valence electrons. The highest BCUT2D eigenvalue weighted by atomic mass is 19.1. The summed E-state index contributed by atoms with van der Waals surface area (Å²) < 4.78 is 13.3. The van der Waals surface area contributed by atoms with Crippen LogP contribution in [0.4, 0.5) is 4.39 Å². The molecule has 0 aliphatic heterocycles. The molecule has 0 unspecified atom stereocenters. The van der Waals surface area contributed by atoms with Gasteiger partial charge in [-0.15, -0.1) is 0 Å². The molecule has 0 saturated heterocycles. The molecule has 1 amide bonds. The van der Waals surface area contributed by atoms with Crippen LogP contribution in [0.2, 0.25) is 0 Å². The zero-order chi connectivity index (χ0) is 18.9. The molecule has 0 fully saturated rings. The number of hydrogen-bond acceptors (Lipinski definition) is 2. The van der Waals surface area contributed by atoms with Gasteiger partial charge in [0.25, 0.3) is 5.91 Å². The Morgan fingerprint density at radius 1 is 1.08 bits per heavy atom. The van der Waals surface area contributed by atoms with Crippen LogP contribution in [0.5, 0.6) is 0 Å². The van der Waals surface area contributed by atoms with E-state index in [1.54, 1.807) is 38.2 Å². The fourth-order valence-electron chi connectivity index (χ4n) is 2.42. The third-order valence-electron chi connectivity index (χ3n) is 3.89. The minimum atomic E-state index is -0.206. The molecule has 0 atom stereocenters. The first-order valence-electron chi connectivity index (χ1n) is 8.61. The van der Waals surface area contributed by atoms with Crippen LogP contribution in [0.1, 0.15) is 34.0 Å². The number of rotatable bonds is 6. The van der Waals surface area contributed by atoms with Gasteiger partial charge in [0.05, 0.1) is 6.54 Å². The molecule has 2 rings (SSSR count). The van der Waals surface area contributed by atoms with Gasteiger partial charge in [0.1, 0.15) is 5.82 Å². The van der Waals surface area contributed by atoms with Crippen molar-refractivity contribution in [3.05, 3.63) is 70.5 Å². The maximum absolute atomic E-state index is 13.3. The van der Waals surface area contributed by atoms with Gasteiger partial charge in [0, 0.05) is 25.7 Å². The smallest absolute Gasteiger partial charge is 0.251 e. The number of carbonyl (C=O) groups is 1. The molecule has 5 nitrogen and oxygen atoms in total. The van der Waals surface area contributed by atoms with Crippen molar-refractivity contribution in [2.24, 2.45) is 4.99 Å². The van der Waals surface area contributed by atoms with E-state index < -0.39 is 0 Å². The third kappa shape index (κ3) is 5.58. The van der Waals surface area contributed by atoms with Crippen molar-refractivity contribution in [1.29, 1.82) is 0 Å². The second kappa shape index (κ2) is 9.56. The van der Waals surface area contributed by atoms with Crippen molar-refractivity contribution >= 4 is 11.9 Å². The van der Waals surface area contributed by atoms with Gasteiger partial charge in [-0.2, -0.15) is 0 Å². The van der Waals surface area contributed by atoms with Gasteiger partial charge in [0.2, 0.25) is 0 Å². The first kappa shape index (κ1) is 19.4. The number of nitrogens with zero attached hydrogens (tertiary/aromatic N) is 1. The van der Waals surface area contributed by atoms with Gasteiger partial charge in [-0.25, -0.2) is 9.38 Å². The van der Waals surface area contributed by atoms with Gasteiger partial charge < -0.3 is 16.0 Å². The van der Waals surface area contributed by atoms with Gasteiger partial charge in [-0.1, -0.05) is 24.3 Å². The van der Waals surface area contributed by atoms with E-state index >= 15 is 0 Å². The average molecular weight is 356 g/mol. The van der Waals surface area contributed by atoms with Crippen molar-refractivity contribution in [3.63, 3.8) is 0 Å². The van der Waals surface area contributed by atoms with Crippen LogP contribution < -0.4 is 16.0 Å². The molecule has 3 N–H and O–H groups in total. The molecule has 0 aliphatic carbocycles. The third-order valence-corrected chi connectivity index (χ3v) is 3.89. The lowest BCUT2D eigenvalue weighted by Crippen LogP contribution is -2.36. The number of halogens is 1. The number of aryl methyl sites for hydroxylation is 1. The SMILES string of the molecule is CCNC(=NCc1ccc(F)c(C)c1)NCc1ccc(C(=O)NC)cc1. The van der Waals surface area contributed by atoms with Crippen molar-refractivity contribution in [3.8, 4) is 0 Å². The summed E-state index contributed by atoms with van der Waals surface area (Å²) in [6.07, 6.45) is 0. The fraction of sp³-hybridized carbons (Fsp3) is 0.300. The van der Waals surface area contributed by atoms with E-state index in [2.05, 4.69) is 20.9 Å². The lowest BCUT2D eigenvalue weighted by Gasteiger charge is -2.12. The minimum Gasteiger partial charge on any atom is -0.357 e. The monoisotopic (exact) mass is 356 g/mol. The van der Waals surface area contributed by atoms with E-state index in [9.17, 15) is 9.18 Å². The Morgan fingerprint density at radius 2 is 1.77 bits per heavy atom. The van der Waals surface area contributed by atoms with Crippen LogP contribution in [0.15, 0.2) is 47.5 Å². The normalized spacial score (nSPS) is 11.2. The van der Waals surface area contributed by atoms with E-state index in [4.69, 9.17) is 0 Å². The Kier molecular flexibility index (Phi) is 7.14. The second-order valence-electron chi connectivity index (χ2n) is 5.91. The van der Waals surface area contributed by atoms with Gasteiger partial charge in [-0.3, -0.25) is 4.79 Å². The Hall–Kier alpha value is -2.89. The molecule has 2 aromatic rings. The van der Waals surface area contributed by atoms with Crippen LogP contribution in [0.3, 0.4) is 0 Å². The Morgan fingerprint density at radius 3 is 2.38 bits per heavy atom. The first-order valence-corrected chi connectivity index (χ1v) is 8.61. The minimum absolute atomic E-state index is 0.103. The molecular weight excluding hydrogens is 331 g/mol. The number of carbonyl (C=O) groups excluding carboxylic acids is 1. The molecule has 0 saturated carbocycles. The summed E-state index contributed by atoms with van der Waals surface area (Å²) in [6.45, 7) is 5.53. The fourth-order valence-corrected chi connectivity index (χ4v) is 2.42. The molecule has 26 heavy (non-hydrogen) atoms. The topological polar surface area (TPSA) is 65.5 Å². The number of hydrogen-bond donors (Lipinski definition) is 3. The van der Waals surface area contributed by atoms with Crippen LogP contribution in [-0.2, 0) is 13.1 Å². The zero-order valence-electron chi connectivity index (χ0n) is 15.4. The largest absolute Gasteiger partial charge is 0.357 e. The standard InChI is InChI=1S/C20H25FN4O/c1-4-23-20(25-13-16-7-10-18(21)14(2)11-16)24-12-15-5-8-17(9-6-15)19(26)22-3/h5-11H,4,12-13H2,1-3H3,(H,22,26)(H2,23,24,25). The number of amides is 1. The Labute approximate surface area is 153 Å². The van der Waals surface area contributed by atoms with Crippen molar-refractivity contribution in [1.82, 2.24) is 16.0 Å². The van der Waals surface area contributed by atoms with Crippen LogP contribution in [0, 0.1) is 12.7 Å². The van der Waals surface area contributed by atoms with Crippen molar-refractivity contribution < 1.29 is 9.18 Å². The van der Waals surface area contributed by atoms with Crippen molar-refractivity contribution in [2.75, 3.05) is 13.6 Å². The maximum Gasteiger partial charge on any atom is 0.251 e. The zero-order valence-corrected chi connectivity index (χ0v) is 15.4. The molecule has 0 aliphatic rings. The highest BCUT2D eigenvalue weighted by molar-refractivity contribution is 5.93. The number of benzene rings is 2. The summed E-state index contributed by atoms with van der Waals surface area (Å²) in [5.74, 6) is 0.377. The average Bonchev–Trinajstić information content (AvgIpc) is 2.66. The maximum atomic E-state index is 13.3. The van der Waals surface area contributed by atoms with E-state index in [1.807, 2.05) is 19.1 Å². The van der Waals surface area contributed by atoms with E-state index in [0.29, 0.717) is 30.2 Å². The molecule has 0 radical (unpaired) electrons. The Balaban J connectivity index is 1.98. The summed E-state index contributed by atoms with van der Waals surface area (Å²) in [6, 6.07) is 12.4. The second-order valence-corrected chi connectivity index (χ2v) is 5.91. The summed E-state index contributed by atoms with van der Waals surface area (Å²) in [5, 5.41) is 9.05. The van der Waals surface area contributed by atoms with Crippen LogP contribution >= 0.6 is 0 Å². The number of aliphatic imine (C=N–C) groups is 1. The predicted octanol–water partition coefficient (Wildman–Crippen LogP) is 2.75. The van der Waals surface area contributed by atoms with E-state index in [1.165, 1.54) is 6.07 Å². The van der Waals surface area contributed by atoms with Gasteiger partial charge in [0.15, 0.2) is 5.96 Å². The molecule has 0 spiro atoms. The molecule has 2 aromatic carbocycles. The lowest BCUT2D eigenvalue weighted by atomic mass is 10.1. The number of guanidine groups is 1. The van der Waals surface area contributed by atoms with Gasteiger partial charge >= 0.3 is 0 Å². The summed E-state index contributed by atoms with van der Waals surface area (Å²) in [5.41, 5.74) is 3.24. The van der Waals surface area contributed by atoms with Crippen LogP contribution in [0.25, 0.3) is 0 Å². The molecular formula is C20H25FN4O. The molecule has 0 aromatic heterocycles. The predicted molar refractivity (Wildman–Crippen MR) is 103 cm³/mol. The number of nitrogens with one attached hydrogen (secondary N) is 3. The molecule has 6 heteroatoms. The highest BCUT2D eigenvalue weighted by Crippen LogP contribution is 2.10. The summed E-state index contributed by atoms with van der Waals surface area (Å²) >= 11 is 0. The lowest BCUT2D eigenvalue weighted by molar-refractivity contribution is 0.0963. The molecule has 0 heterocycles. The highest BCUT2D eigenvalue weighted by Gasteiger charge is 2.04. The van der Waals surface area contributed by atoms with Gasteiger partial charge in [-0.05, 0) is 48.7 Å². The van der Waals surface area contributed by atoms with E-state index in [0.717, 1.165) is 17.7 Å². The Bertz CT molecular complexity index is 772. The quantitative estimate of drug-likeness (QED) is 0.551. The van der Waals surface area contributed by atoms with Crippen molar-refractivity contribution in [2.45, 2.75) is 26.9 Å². The summed E-state index contributed by atoms with van der Waals surface area (Å²) in [4.78, 5) is 16.1. The summed E-state index contributed by atoms with van der Waals surface area (Å²) in [7, 11) is 1.61. The molecule has 0 bridgehead atoms. The van der Waals surface area contributed by atoms with E-state index in [-0.39, 0.29) is 11.7 Å².